The van der Waals surface area contributed by atoms with E-state index in [1.165, 1.54) is 0 Å². The van der Waals surface area contributed by atoms with Crippen LogP contribution < -0.4 is 10.2 Å². The lowest BCUT2D eigenvalue weighted by atomic mass is 10.0. The van der Waals surface area contributed by atoms with Crippen molar-refractivity contribution < 1.29 is 9.32 Å². The van der Waals surface area contributed by atoms with E-state index in [2.05, 4.69) is 26.5 Å². The van der Waals surface area contributed by atoms with Crippen molar-refractivity contribution in [2.45, 2.75) is 20.4 Å². The summed E-state index contributed by atoms with van der Waals surface area (Å²) in [5.41, 5.74) is 5.27. The maximum absolute atomic E-state index is 12.9. The molecule has 2 aromatic carbocycles. The van der Waals surface area contributed by atoms with E-state index in [1.54, 1.807) is 24.1 Å². The average molecular weight is 557 g/mol. The summed E-state index contributed by atoms with van der Waals surface area (Å²) in [7, 11) is 1.81. The number of carbonyl (C=O) groups is 1. The lowest BCUT2D eigenvalue weighted by molar-refractivity contribution is 0.0746. The molecule has 0 spiro atoms. The fourth-order valence-electron chi connectivity index (χ4n) is 5.10. The molecule has 10 nitrogen and oxygen atoms in total. The second kappa shape index (κ2) is 10.6. The lowest BCUT2D eigenvalue weighted by Gasteiger charge is -2.34. The molecule has 204 valence electrons. The normalized spacial score (nSPS) is 13.7. The molecule has 0 radical (unpaired) electrons. The predicted molar refractivity (Wildman–Crippen MR) is 155 cm³/mol. The SMILES string of the molecule is Cc1noc(C)c1-c1ccc2nc(N3CCN(C(=O)c4cnn(C)c4)CC3)nc(NCc3cccc(Cl)c3)c2c1. The van der Waals surface area contributed by atoms with Gasteiger partial charge in [-0.05, 0) is 49.2 Å². The van der Waals surface area contributed by atoms with Crippen LogP contribution in [0.15, 0.2) is 59.4 Å². The molecule has 3 aromatic heterocycles. The van der Waals surface area contributed by atoms with Crippen molar-refractivity contribution in [2.24, 2.45) is 7.05 Å². The van der Waals surface area contributed by atoms with Gasteiger partial charge in [0.2, 0.25) is 5.95 Å². The molecule has 1 fully saturated rings. The standard InChI is InChI=1S/C29H29ClN8O2/c1-18-26(19(2)40-35-18)21-7-8-25-24(14-21)27(31-15-20-5-4-6-23(30)13-20)34-29(33-25)38-11-9-37(10-12-38)28(39)22-16-32-36(3)17-22/h4-8,13-14,16-17H,9-12,15H2,1-3H3,(H,31,33,34). The highest BCUT2D eigenvalue weighted by atomic mass is 35.5. The Morgan fingerprint density at radius 1 is 1.07 bits per heavy atom. The van der Waals surface area contributed by atoms with Crippen LogP contribution in [0.1, 0.15) is 27.4 Å². The molecule has 4 heterocycles. The Morgan fingerprint density at radius 3 is 2.60 bits per heavy atom. The molecule has 0 atom stereocenters. The minimum absolute atomic E-state index is 0.0112. The number of halogens is 1. The Hall–Kier alpha value is -4.44. The summed E-state index contributed by atoms with van der Waals surface area (Å²) in [5.74, 6) is 2.10. The number of carbonyl (C=O) groups excluding carboxylic acids is 1. The van der Waals surface area contributed by atoms with Crippen LogP contribution in [0, 0.1) is 13.8 Å². The molecule has 0 aliphatic carbocycles. The Kier molecular flexibility index (Phi) is 6.85. The molecular weight excluding hydrogens is 528 g/mol. The van der Waals surface area contributed by atoms with Gasteiger partial charge in [-0.3, -0.25) is 9.48 Å². The fraction of sp³-hybridized carbons (Fsp3) is 0.276. The van der Waals surface area contributed by atoms with Crippen molar-refractivity contribution in [1.29, 1.82) is 0 Å². The minimum Gasteiger partial charge on any atom is -0.365 e. The number of nitrogens with one attached hydrogen (secondary N) is 1. The molecule has 1 saturated heterocycles. The maximum atomic E-state index is 12.9. The second-order valence-electron chi connectivity index (χ2n) is 9.97. The third-order valence-electron chi connectivity index (χ3n) is 7.16. The molecule has 1 amide bonds. The van der Waals surface area contributed by atoms with Crippen LogP contribution >= 0.6 is 11.6 Å². The molecule has 0 bridgehead atoms. The van der Waals surface area contributed by atoms with Gasteiger partial charge in [0.15, 0.2) is 0 Å². The van der Waals surface area contributed by atoms with Crippen LogP contribution in [-0.4, -0.2) is 61.9 Å². The summed E-state index contributed by atoms with van der Waals surface area (Å²) in [4.78, 5) is 26.8. The van der Waals surface area contributed by atoms with Gasteiger partial charge in [0.1, 0.15) is 11.6 Å². The van der Waals surface area contributed by atoms with Crippen molar-refractivity contribution >= 4 is 40.2 Å². The monoisotopic (exact) mass is 556 g/mol. The summed E-state index contributed by atoms with van der Waals surface area (Å²) < 4.78 is 7.05. The fourth-order valence-corrected chi connectivity index (χ4v) is 5.31. The number of aromatic nitrogens is 5. The first-order chi connectivity index (χ1) is 19.4. The summed E-state index contributed by atoms with van der Waals surface area (Å²) >= 11 is 6.22. The van der Waals surface area contributed by atoms with Crippen LogP contribution in [0.3, 0.4) is 0 Å². The van der Waals surface area contributed by atoms with Gasteiger partial charge in [-0.2, -0.15) is 10.1 Å². The molecule has 0 saturated carbocycles. The number of aryl methyl sites for hydroxylation is 3. The van der Waals surface area contributed by atoms with Gasteiger partial charge in [-0.15, -0.1) is 0 Å². The molecule has 0 unspecified atom stereocenters. The van der Waals surface area contributed by atoms with Crippen molar-refractivity contribution in [3.05, 3.63) is 82.5 Å². The topological polar surface area (TPSA) is 105 Å². The van der Waals surface area contributed by atoms with E-state index in [4.69, 9.17) is 26.1 Å². The summed E-state index contributed by atoms with van der Waals surface area (Å²) in [5, 5.41) is 13.3. The lowest BCUT2D eigenvalue weighted by Crippen LogP contribution is -2.49. The smallest absolute Gasteiger partial charge is 0.257 e. The maximum Gasteiger partial charge on any atom is 0.257 e. The second-order valence-corrected chi connectivity index (χ2v) is 10.4. The number of hydrogen-bond acceptors (Lipinski definition) is 8. The van der Waals surface area contributed by atoms with Gasteiger partial charge >= 0.3 is 0 Å². The zero-order valence-corrected chi connectivity index (χ0v) is 23.3. The average Bonchev–Trinajstić information content (AvgIpc) is 3.55. The molecule has 5 aromatic rings. The third-order valence-corrected chi connectivity index (χ3v) is 7.39. The van der Waals surface area contributed by atoms with Crippen LogP contribution in [-0.2, 0) is 13.6 Å². The van der Waals surface area contributed by atoms with Crippen molar-refractivity contribution in [3.8, 4) is 11.1 Å². The highest BCUT2D eigenvalue weighted by molar-refractivity contribution is 6.30. The van der Waals surface area contributed by atoms with Gasteiger partial charge in [0.05, 0.1) is 23.0 Å². The Bertz CT molecular complexity index is 1680. The number of benzene rings is 2. The number of piperazine rings is 1. The van der Waals surface area contributed by atoms with Gasteiger partial charge in [0, 0.05) is 61.9 Å². The Morgan fingerprint density at radius 2 is 1.90 bits per heavy atom. The van der Waals surface area contributed by atoms with Gasteiger partial charge < -0.3 is 19.6 Å². The Balaban J connectivity index is 1.30. The first kappa shape index (κ1) is 25.8. The number of anilines is 2. The molecular formula is C29H29ClN8O2. The van der Waals surface area contributed by atoms with Crippen molar-refractivity contribution in [3.63, 3.8) is 0 Å². The van der Waals surface area contributed by atoms with Gasteiger partial charge in [-0.25, -0.2) is 4.98 Å². The number of fused-ring (bicyclic) bond motifs is 1. The largest absolute Gasteiger partial charge is 0.365 e. The zero-order valence-electron chi connectivity index (χ0n) is 22.6. The van der Waals surface area contributed by atoms with E-state index in [-0.39, 0.29) is 5.91 Å². The van der Waals surface area contributed by atoms with Crippen molar-refractivity contribution in [2.75, 3.05) is 36.4 Å². The number of hydrogen-bond donors (Lipinski definition) is 1. The minimum atomic E-state index is -0.0112. The third kappa shape index (κ3) is 5.10. The van der Waals surface area contributed by atoms with E-state index in [0.717, 1.165) is 44.9 Å². The van der Waals surface area contributed by atoms with E-state index in [1.807, 2.05) is 55.1 Å². The number of amides is 1. The Labute approximate surface area is 236 Å². The first-order valence-corrected chi connectivity index (χ1v) is 13.5. The van der Waals surface area contributed by atoms with Crippen LogP contribution in [0.2, 0.25) is 5.02 Å². The predicted octanol–water partition coefficient (Wildman–Crippen LogP) is 4.86. The first-order valence-electron chi connectivity index (χ1n) is 13.1. The van der Waals surface area contributed by atoms with Gasteiger partial charge in [-0.1, -0.05) is 35.0 Å². The summed E-state index contributed by atoms with van der Waals surface area (Å²) in [6, 6.07) is 13.9. The van der Waals surface area contributed by atoms with Crippen LogP contribution in [0.25, 0.3) is 22.0 Å². The highest BCUT2D eigenvalue weighted by Gasteiger charge is 2.25. The van der Waals surface area contributed by atoms with E-state index in [9.17, 15) is 4.79 Å². The number of rotatable bonds is 6. The summed E-state index contributed by atoms with van der Waals surface area (Å²) in [6.07, 6.45) is 3.35. The number of nitrogens with zero attached hydrogens (tertiary/aromatic N) is 7. The summed E-state index contributed by atoms with van der Waals surface area (Å²) in [6.45, 7) is 6.80. The van der Waals surface area contributed by atoms with E-state index in [0.29, 0.717) is 49.3 Å². The molecule has 11 heteroatoms. The highest BCUT2D eigenvalue weighted by Crippen LogP contribution is 2.33. The molecule has 1 aliphatic heterocycles. The molecule has 1 N–H and O–H groups in total. The van der Waals surface area contributed by atoms with Crippen LogP contribution in [0.5, 0.6) is 0 Å². The molecule has 6 rings (SSSR count). The molecule has 1 aliphatic rings. The van der Waals surface area contributed by atoms with E-state index < -0.39 is 0 Å². The van der Waals surface area contributed by atoms with Gasteiger partial charge in [0.25, 0.3) is 5.91 Å². The van der Waals surface area contributed by atoms with E-state index >= 15 is 0 Å². The molecule has 40 heavy (non-hydrogen) atoms. The van der Waals surface area contributed by atoms with Crippen LogP contribution in [0.4, 0.5) is 11.8 Å². The quantitative estimate of drug-likeness (QED) is 0.316. The zero-order chi connectivity index (χ0) is 27.8. The van der Waals surface area contributed by atoms with Crippen molar-refractivity contribution in [1.82, 2.24) is 29.8 Å².